The van der Waals surface area contributed by atoms with Crippen LogP contribution in [-0.2, 0) is 19.9 Å². The van der Waals surface area contributed by atoms with Crippen molar-refractivity contribution in [3.63, 3.8) is 0 Å². The first-order chi connectivity index (χ1) is 17.3. The molecule has 0 bridgehead atoms. The maximum Gasteiger partial charge on any atom is 0.265 e. The molecule has 4 heterocycles. The summed E-state index contributed by atoms with van der Waals surface area (Å²) in [5, 5.41) is 9.74. The number of aliphatic hydroxyl groups is 1. The Labute approximate surface area is 218 Å². The highest BCUT2D eigenvalue weighted by Crippen LogP contribution is 2.62. The Bertz CT molecular complexity index is 1170. The Morgan fingerprint density at radius 1 is 1.32 bits per heavy atom. The van der Waals surface area contributed by atoms with Gasteiger partial charge in [0.2, 0.25) is 5.91 Å². The number of nitrogens with zero attached hydrogens (tertiary/aromatic N) is 2. The minimum atomic E-state index is -1.70. The zero-order valence-corrected chi connectivity index (χ0v) is 22.9. The number of hydrogen-bond donors (Lipinski definition) is 1. The van der Waals surface area contributed by atoms with Gasteiger partial charge >= 0.3 is 0 Å². The number of aliphatic hydroxyl groups excluding tert-OH is 1. The van der Waals surface area contributed by atoms with Crippen molar-refractivity contribution < 1.29 is 28.6 Å². The SMILES string of the molecule is COc1cc2c3c(c1)[C@]1(O[C@@H](CC(=O)N4CCC[C@H]4CO)[C@H](C(C)(C)F)[C@H]1C)C(=O)N3C(C)(C)C=C2C. The minimum absolute atomic E-state index is 0.0410. The molecule has 2 amide bonds. The second kappa shape index (κ2) is 8.53. The topological polar surface area (TPSA) is 79.3 Å². The van der Waals surface area contributed by atoms with Gasteiger partial charge in [0.05, 0.1) is 43.5 Å². The highest BCUT2D eigenvalue weighted by atomic mass is 19.1. The molecule has 4 aliphatic rings. The maximum absolute atomic E-state index is 15.9. The number of allylic oxidation sites excluding steroid dienone is 1. The van der Waals surface area contributed by atoms with E-state index in [9.17, 15) is 14.7 Å². The van der Waals surface area contributed by atoms with Crippen LogP contribution in [0.25, 0.3) is 5.57 Å². The van der Waals surface area contributed by atoms with Crippen LogP contribution in [0.3, 0.4) is 0 Å². The molecule has 2 fully saturated rings. The molecule has 37 heavy (non-hydrogen) atoms. The van der Waals surface area contributed by atoms with E-state index < -0.39 is 34.7 Å². The Balaban J connectivity index is 1.63. The zero-order chi connectivity index (χ0) is 27.1. The average Bonchev–Trinajstić information content (AvgIpc) is 3.46. The van der Waals surface area contributed by atoms with E-state index in [1.165, 1.54) is 13.8 Å². The van der Waals surface area contributed by atoms with Crippen molar-refractivity contribution in [2.24, 2.45) is 11.8 Å². The normalized spacial score (nSPS) is 32.2. The smallest absolute Gasteiger partial charge is 0.265 e. The number of halogens is 1. The van der Waals surface area contributed by atoms with E-state index in [2.05, 4.69) is 6.08 Å². The Kier molecular flexibility index (Phi) is 6.03. The zero-order valence-electron chi connectivity index (χ0n) is 22.9. The van der Waals surface area contributed by atoms with E-state index >= 15 is 4.39 Å². The number of alkyl halides is 1. The van der Waals surface area contributed by atoms with E-state index in [-0.39, 0.29) is 30.9 Å². The summed E-state index contributed by atoms with van der Waals surface area (Å²) in [6.45, 7) is 11.3. The number of carbonyl (C=O) groups is 2. The Hall–Kier alpha value is -2.45. The lowest BCUT2D eigenvalue weighted by atomic mass is 9.71. The summed E-state index contributed by atoms with van der Waals surface area (Å²) in [4.78, 5) is 31.3. The van der Waals surface area contributed by atoms with Crippen LogP contribution < -0.4 is 9.64 Å². The quantitative estimate of drug-likeness (QED) is 0.637. The van der Waals surface area contributed by atoms with Crippen molar-refractivity contribution in [3.8, 4) is 5.75 Å². The Morgan fingerprint density at radius 3 is 2.65 bits per heavy atom. The lowest BCUT2D eigenvalue weighted by Crippen LogP contribution is -2.53. The largest absolute Gasteiger partial charge is 0.497 e. The number of carbonyl (C=O) groups excluding carboxylic acids is 2. The van der Waals surface area contributed by atoms with Gasteiger partial charge < -0.3 is 19.5 Å². The molecule has 4 aliphatic heterocycles. The van der Waals surface area contributed by atoms with Crippen molar-refractivity contribution >= 4 is 23.1 Å². The van der Waals surface area contributed by atoms with Crippen molar-refractivity contribution in [2.75, 3.05) is 25.2 Å². The molecule has 1 aromatic carbocycles. The highest BCUT2D eigenvalue weighted by Gasteiger charge is 2.68. The molecule has 202 valence electrons. The molecular weight excluding hydrogens is 475 g/mol. The first-order valence-electron chi connectivity index (χ1n) is 13.3. The van der Waals surface area contributed by atoms with Crippen molar-refractivity contribution in [3.05, 3.63) is 29.3 Å². The van der Waals surface area contributed by atoms with Crippen molar-refractivity contribution in [1.29, 1.82) is 0 Å². The second-order valence-electron chi connectivity index (χ2n) is 12.2. The van der Waals surface area contributed by atoms with Crippen LogP contribution in [0.15, 0.2) is 18.2 Å². The van der Waals surface area contributed by atoms with E-state index in [0.717, 1.165) is 29.7 Å². The number of amides is 2. The van der Waals surface area contributed by atoms with E-state index in [0.29, 0.717) is 17.9 Å². The van der Waals surface area contributed by atoms with Crippen LogP contribution in [0, 0.1) is 11.8 Å². The van der Waals surface area contributed by atoms with Crippen LogP contribution in [0.4, 0.5) is 10.1 Å². The number of rotatable bonds is 5. The van der Waals surface area contributed by atoms with Crippen LogP contribution in [-0.4, -0.2) is 65.4 Å². The first kappa shape index (κ1) is 26.2. The molecule has 0 radical (unpaired) electrons. The van der Waals surface area contributed by atoms with Crippen LogP contribution in [0.1, 0.15) is 71.9 Å². The molecule has 5 rings (SSSR count). The molecule has 0 aliphatic carbocycles. The fraction of sp³-hybridized carbons (Fsp3) is 0.655. The van der Waals surface area contributed by atoms with Gasteiger partial charge in [-0.05, 0) is 65.2 Å². The Morgan fingerprint density at radius 2 is 2.03 bits per heavy atom. The fourth-order valence-electron chi connectivity index (χ4n) is 7.55. The lowest BCUT2D eigenvalue weighted by molar-refractivity contribution is -0.151. The summed E-state index contributed by atoms with van der Waals surface area (Å²) >= 11 is 0. The van der Waals surface area contributed by atoms with Crippen molar-refractivity contribution in [2.45, 2.75) is 89.8 Å². The van der Waals surface area contributed by atoms with E-state index in [4.69, 9.17) is 9.47 Å². The molecule has 2 saturated heterocycles. The monoisotopic (exact) mass is 514 g/mol. The first-order valence-corrected chi connectivity index (χ1v) is 13.3. The van der Waals surface area contributed by atoms with Crippen LogP contribution in [0.2, 0.25) is 0 Å². The van der Waals surface area contributed by atoms with Gasteiger partial charge in [-0.15, -0.1) is 0 Å². The van der Waals surface area contributed by atoms with Gasteiger partial charge in [-0.2, -0.15) is 0 Å². The molecular formula is C29H39FN2O5. The summed E-state index contributed by atoms with van der Waals surface area (Å²) in [5.41, 5.74) is -0.354. The van der Waals surface area contributed by atoms with Crippen LogP contribution in [0.5, 0.6) is 5.75 Å². The van der Waals surface area contributed by atoms with Gasteiger partial charge in [0, 0.05) is 29.5 Å². The maximum atomic E-state index is 15.9. The third kappa shape index (κ3) is 3.66. The standard InChI is InChI=1S/C29H39FN2O5/c1-16-14-27(3,4)32-25-20(16)11-19(36-7)12-21(25)29(26(32)35)17(2)24(28(5,6)30)22(37-29)13-23(34)31-10-8-9-18(31)15-33/h11-12,14,17-18,22,24,33H,8-10,13,15H2,1-7H3/t17-,18+,22+,24-,29+/m1/s1. The second-order valence-corrected chi connectivity index (χ2v) is 12.2. The molecule has 0 saturated carbocycles. The number of methoxy groups -OCH3 is 1. The molecule has 1 aromatic rings. The van der Waals surface area contributed by atoms with Gasteiger partial charge in [0.1, 0.15) is 11.4 Å². The lowest BCUT2D eigenvalue weighted by Gasteiger charge is -2.39. The third-order valence-electron chi connectivity index (χ3n) is 9.03. The van der Waals surface area contributed by atoms with E-state index in [1.54, 1.807) is 16.9 Å². The van der Waals surface area contributed by atoms with Gasteiger partial charge in [0.25, 0.3) is 5.91 Å². The van der Waals surface area contributed by atoms with Gasteiger partial charge in [-0.25, -0.2) is 4.39 Å². The number of anilines is 1. The van der Waals surface area contributed by atoms with Gasteiger partial charge in [0.15, 0.2) is 5.60 Å². The summed E-state index contributed by atoms with van der Waals surface area (Å²) in [6, 6.07) is 3.55. The van der Waals surface area contributed by atoms with Gasteiger partial charge in [-0.3, -0.25) is 14.5 Å². The highest BCUT2D eigenvalue weighted by molar-refractivity contribution is 6.12. The molecule has 1 N–H and O–H groups in total. The number of likely N-dealkylation sites (tertiary alicyclic amines) is 1. The predicted molar refractivity (Wildman–Crippen MR) is 139 cm³/mol. The summed E-state index contributed by atoms with van der Waals surface area (Å²) < 4.78 is 28.3. The number of ether oxygens (including phenoxy) is 2. The average molecular weight is 515 g/mol. The number of fused-ring (bicyclic) bond motifs is 1. The van der Waals surface area contributed by atoms with Gasteiger partial charge in [-0.1, -0.05) is 13.0 Å². The minimum Gasteiger partial charge on any atom is -0.497 e. The fourth-order valence-corrected chi connectivity index (χ4v) is 7.55. The molecule has 5 atom stereocenters. The van der Waals surface area contributed by atoms with Crippen LogP contribution >= 0.6 is 0 Å². The molecule has 1 spiro atoms. The predicted octanol–water partition coefficient (Wildman–Crippen LogP) is 4.21. The van der Waals surface area contributed by atoms with E-state index in [1.807, 2.05) is 39.8 Å². The molecule has 0 unspecified atom stereocenters. The molecule has 7 nitrogen and oxygen atoms in total. The summed E-state index contributed by atoms with van der Waals surface area (Å²) in [6.07, 6.45) is 2.80. The molecule has 8 heteroatoms. The molecule has 0 aromatic heterocycles. The summed E-state index contributed by atoms with van der Waals surface area (Å²) in [7, 11) is 1.59. The number of benzene rings is 1. The summed E-state index contributed by atoms with van der Waals surface area (Å²) in [5.74, 6) is -1.03. The number of hydrogen-bond acceptors (Lipinski definition) is 5. The van der Waals surface area contributed by atoms with Crippen molar-refractivity contribution in [1.82, 2.24) is 4.90 Å². The third-order valence-corrected chi connectivity index (χ3v) is 9.03.